The van der Waals surface area contributed by atoms with Gasteiger partial charge < -0.3 is 19.8 Å². The van der Waals surface area contributed by atoms with Crippen LogP contribution in [0.3, 0.4) is 0 Å². The van der Waals surface area contributed by atoms with Gasteiger partial charge in [0.05, 0.1) is 13.0 Å². The lowest BCUT2D eigenvalue weighted by atomic mass is 10.2. The molecule has 11 heteroatoms. The summed E-state index contributed by atoms with van der Waals surface area (Å²) in [5.74, 6) is -0.138. The lowest BCUT2D eigenvalue weighted by Gasteiger charge is -2.17. The highest BCUT2D eigenvalue weighted by Crippen LogP contribution is 2.23. The molecule has 0 aromatic carbocycles. The SMILES string of the molecule is CC.CCC.CSC1=NC(C)C(=O)NCC(=O)OC(/C=C/CCSC(C)(C)C)CC(=O)NCc2nc1co2. The van der Waals surface area contributed by atoms with Crippen LogP contribution >= 0.6 is 23.5 Å². The summed E-state index contributed by atoms with van der Waals surface area (Å²) in [6, 6.07) is -0.732. The molecule has 0 saturated carbocycles. The summed E-state index contributed by atoms with van der Waals surface area (Å²) in [4.78, 5) is 45.8. The van der Waals surface area contributed by atoms with E-state index in [9.17, 15) is 14.4 Å². The molecule has 1 aromatic heterocycles. The molecule has 1 aromatic rings. The van der Waals surface area contributed by atoms with Crippen LogP contribution in [0.25, 0.3) is 0 Å². The van der Waals surface area contributed by atoms with Crippen LogP contribution in [0, 0.1) is 0 Å². The van der Waals surface area contributed by atoms with E-state index in [0.29, 0.717) is 16.6 Å². The van der Waals surface area contributed by atoms with Gasteiger partial charge in [-0.3, -0.25) is 19.4 Å². The van der Waals surface area contributed by atoms with E-state index in [0.717, 1.165) is 12.2 Å². The predicted octanol–water partition coefficient (Wildman–Crippen LogP) is 5.14. The average Bonchev–Trinajstić information content (AvgIpc) is 3.33. The lowest BCUT2D eigenvalue weighted by molar-refractivity contribution is -0.148. The van der Waals surface area contributed by atoms with Crippen molar-refractivity contribution in [3.63, 3.8) is 0 Å². The van der Waals surface area contributed by atoms with Crippen LogP contribution in [0.1, 0.15) is 86.2 Å². The number of carbonyl (C=O) groups excluding carboxylic acids is 3. The fraction of sp³-hybridized carbons (Fsp3) is 0.667. The van der Waals surface area contributed by atoms with Gasteiger partial charge in [0.25, 0.3) is 0 Å². The third-order valence-electron chi connectivity index (χ3n) is 4.34. The van der Waals surface area contributed by atoms with E-state index < -0.39 is 24.0 Å². The van der Waals surface area contributed by atoms with Gasteiger partial charge in [0.15, 0.2) is 0 Å². The monoisotopic (exact) mass is 570 g/mol. The van der Waals surface area contributed by atoms with Gasteiger partial charge in [-0.2, -0.15) is 11.8 Å². The normalized spacial score (nSPS) is 19.2. The molecule has 2 bridgehead atoms. The maximum Gasteiger partial charge on any atom is 0.326 e. The molecule has 2 amide bonds. The molecular weight excluding hydrogens is 524 g/mol. The third-order valence-corrected chi connectivity index (χ3v) is 6.35. The van der Waals surface area contributed by atoms with Crippen molar-refractivity contribution >= 4 is 46.4 Å². The van der Waals surface area contributed by atoms with Gasteiger partial charge in [0.1, 0.15) is 35.7 Å². The number of hydrogen-bond donors (Lipinski definition) is 2. The van der Waals surface area contributed by atoms with Crippen molar-refractivity contribution in [3.8, 4) is 0 Å². The molecule has 1 aliphatic rings. The summed E-state index contributed by atoms with van der Waals surface area (Å²) < 4.78 is 11.0. The molecule has 2 N–H and O–H groups in total. The molecular formula is C27H46N4O5S2. The molecule has 0 aliphatic carbocycles. The zero-order valence-corrected chi connectivity index (χ0v) is 26.0. The summed E-state index contributed by atoms with van der Waals surface area (Å²) in [5.41, 5.74) is 0.479. The summed E-state index contributed by atoms with van der Waals surface area (Å²) in [6.07, 6.45) is 8.10. The maximum atomic E-state index is 12.4. The number of fused-ring (bicyclic) bond motifs is 2. The van der Waals surface area contributed by atoms with Crippen molar-refractivity contribution in [3.05, 3.63) is 30.0 Å². The van der Waals surface area contributed by atoms with Crippen molar-refractivity contribution in [2.24, 2.45) is 4.99 Å². The summed E-state index contributed by atoms with van der Waals surface area (Å²) >= 11 is 3.15. The van der Waals surface area contributed by atoms with E-state index in [1.54, 1.807) is 13.0 Å². The molecule has 2 heterocycles. The van der Waals surface area contributed by atoms with Gasteiger partial charge in [-0.25, -0.2) is 4.98 Å². The fourth-order valence-electron chi connectivity index (χ4n) is 2.72. The standard InChI is InChI=1S/C22H32N4O5S2.C3H8.C2H6/c1-14-20(29)24-12-19(28)31-15(8-6-7-9-33-22(2,3)4)10-17(27)23-11-18-26-16(13-30-18)21(25-14)32-5;1-3-2;1-2/h6,8,13-15H,7,9-12H2,1-5H3,(H,23,27)(H,24,29);3H2,1-2H3;1-2H3/b8-6+,25-21?;;. The van der Waals surface area contributed by atoms with Crippen LogP contribution in [0.2, 0.25) is 0 Å². The second kappa shape index (κ2) is 19.7. The smallest absolute Gasteiger partial charge is 0.326 e. The minimum atomic E-state index is -0.749. The number of nitrogens with one attached hydrogen (secondary N) is 2. The number of carbonyl (C=O) groups is 3. The molecule has 0 radical (unpaired) electrons. The molecule has 2 rings (SSSR count). The highest BCUT2D eigenvalue weighted by Gasteiger charge is 2.21. The largest absolute Gasteiger partial charge is 0.456 e. The van der Waals surface area contributed by atoms with E-state index >= 15 is 0 Å². The Kier molecular flexibility index (Phi) is 18.6. The first-order valence-corrected chi connectivity index (χ1v) is 15.3. The molecule has 1 aliphatic heterocycles. The number of ether oxygens (including phenoxy) is 1. The lowest BCUT2D eigenvalue weighted by Crippen LogP contribution is -2.38. The van der Waals surface area contributed by atoms with Gasteiger partial charge >= 0.3 is 5.97 Å². The summed E-state index contributed by atoms with van der Waals surface area (Å²) in [6.45, 7) is 16.1. The van der Waals surface area contributed by atoms with Crippen LogP contribution in [-0.4, -0.2) is 63.3 Å². The van der Waals surface area contributed by atoms with E-state index in [2.05, 4.69) is 55.2 Å². The number of esters is 1. The first-order valence-electron chi connectivity index (χ1n) is 13.1. The minimum Gasteiger partial charge on any atom is -0.456 e. The number of rotatable bonds is 4. The number of hydrogen-bond acceptors (Lipinski definition) is 9. The first kappa shape index (κ1) is 35.7. The number of amides is 2. The van der Waals surface area contributed by atoms with E-state index in [1.165, 1.54) is 24.4 Å². The van der Waals surface area contributed by atoms with E-state index in [-0.39, 0.29) is 30.2 Å². The molecule has 9 nitrogen and oxygen atoms in total. The van der Waals surface area contributed by atoms with Crippen molar-refractivity contribution in [1.82, 2.24) is 15.6 Å². The number of aliphatic imine (C=N–C) groups is 1. The van der Waals surface area contributed by atoms with Gasteiger partial charge in [-0.05, 0) is 31.4 Å². The van der Waals surface area contributed by atoms with Crippen molar-refractivity contribution in [2.45, 2.75) is 98.1 Å². The molecule has 0 fully saturated rings. The Morgan fingerprint density at radius 3 is 2.39 bits per heavy atom. The zero-order chi connectivity index (χ0) is 29.1. The molecule has 2 unspecified atom stereocenters. The fourth-order valence-corrected chi connectivity index (χ4v) is 4.16. The number of aromatic nitrogens is 1. The number of thioether (sulfide) groups is 2. The zero-order valence-electron chi connectivity index (χ0n) is 24.4. The van der Waals surface area contributed by atoms with Gasteiger partial charge in [-0.15, -0.1) is 11.8 Å². The van der Waals surface area contributed by atoms with Crippen LogP contribution in [0.5, 0.6) is 0 Å². The minimum absolute atomic E-state index is 0.0515. The molecule has 216 valence electrons. The maximum absolute atomic E-state index is 12.4. The number of nitrogens with zero attached hydrogens (tertiary/aromatic N) is 2. The molecule has 0 spiro atoms. The molecule has 38 heavy (non-hydrogen) atoms. The highest BCUT2D eigenvalue weighted by atomic mass is 32.2. The van der Waals surface area contributed by atoms with Gasteiger partial charge in [0.2, 0.25) is 17.7 Å². The third kappa shape index (κ3) is 15.9. The summed E-state index contributed by atoms with van der Waals surface area (Å²) in [5, 5.41) is 5.78. The van der Waals surface area contributed by atoms with Crippen molar-refractivity contribution < 1.29 is 23.5 Å². The van der Waals surface area contributed by atoms with Crippen molar-refractivity contribution in [2.75, 3.05) is 18.6 Å². The first-order chi connectivity index (χ1) is 18.0. The Morgan fingerprint density at radius 1 is 1.13 bits per heavy atom. The Morgan fingerprint density at radius 2 is 1.79 bits per heavy atom. The van der Waals surface area contributed by atoms with Crippen LogP contribution in [-0.2, 0) is 25.7 Å². The van der Waals surface area contributed by atoms with Crippen LogP contribution in [0.15, 0.2) is 27.8 Å². The quantitative estimate of drug-likeness (QED) is 0.290. The van der Waals surface area contributed by atoms with Gasteiger partial charge in [-0.1, -0.05) is 61.0 Å². The second-order valence-electron chi connectivity index (χ2n) is 9.05. The Balaban J connectivity index is 0.00000255. The average molecular weight is 571 g/mol. The predicted molar refractivity (Wildman–Crippen MR) is 159 cm³/mol. The number of allylic oxidation sites excluding steroid dienone is 1. The Labute approximate surface area is 236 Å². The summed E-state index contributed by atoms with van der Waals surface area (Å²) in [7, 11) is 0. The van der Waals surface area contributed by atoms with Crippen LogP contribution < -0.4 is 10.6 Å². The number of oxazole rings is 1. The van der Waals surface area contributed by atoms with E-state index in [4.69, 9.17) is 9.15 Å². The Hall–Kier alpha value is -2.27. The highest BCUT2D eigenvalue weighted by molar-refractivity contribution is 8.13. The molecule has 0 saturated heterocycles. The van der Waals surface area contributed by atoms with Crippen LogP contribution in [0.4, 0.5) is 0 Å². The van der Waals surface area contributed by atoms with E-state index in [1.807, 2.05) is 37.9 Å². The molecule has 2 atom stereocenters. The van der Waals surface area contributed by atoms with Gasteiger partial charge in [0, 0.05) is 4.75 Å². The number of cyclic esters (lactones) is 1. The second-order valence-corrected chi connectivity index (χ2v) is 11.8. The van der Waals surface area contributed by atoms with Crippen molar-refractivity contribution in [1.29, 1.82) is 0 Å². The topological polar surface area (TPSA) is 123 Å². The Bertz CT molecular complexity index is 910.